The first-order valence-corrected chi connectivity index (χ1v) is 10.9. The third-order valence-electron chi connectivity index (χ3n) is 5.06. The van der Waals surface area contributed by atoms with Crippen LogP contribution in [0.5, 0.6) is 11.5 Å². The molecule has 3 aromatic rings. The van der Waals surface area contributed by atoms with Gasteiger partial charge in [-0.05, 0) is 29.8 Å². The normalized spacial score (nSPS) is 16.3. The molecule has 154 valence electrons. The molecule has 0 bridgehead atoms. The number of sulfonamides is 1. The van der Waals surface area contributed by atoms with E-state index in [1.807, 2.05) is 42.5 Å². The van der Waals surface area contributed by atoms with Crippen molar-refractivity contribution >= 4 is 15.7 Å². The molecule has 1 unspecified atom stereocenters. The molecular formula is C23H22N2O4S. The monoisotopic (exact) mass is 422 g/mol. The molecule has 1 atom stereocenters. The fourth-order valence-corrected chi connectivity index (χ4v) is 4.99. The lowest BCUT2D eigenvalue weighted by Gasteiger charge is -2.23. The lowest BCUT2D eigenvalue weighted by Crippen LogP contribution is -2.27. The van der Waals surface area contributed by atoms with E-state index in [9.17, 15) is 8.42 Å². The summed E-state index contributed by atoms with van der Waals surface area (Å²) < 4.78 is 38.8. The summed E-state index contributed by atoms with van der Waals surface area (Å²) >= 11 is 0. The van der Waals surface area contributed by atoms with Gasteiger partial charge in [-0.25, -0.2) is 0 Å². The van der Waals surface area contributed by atoms with Crippen LogP contribution in [0.4, 0.5) is 0 Å². The average molecular weight is 423 g/mol. The summed E-state index contributed by atoms with van der Waals surface area (Å²) in [5.41, 5.74) is 2.26. The molecule has 30 heavy (non-hydrogen) atoms. The first-order valence-electron chi connectivity index (χ1n) is 9.49. The Bertz CT molecular complexity index is 1160. The standard InChI is InChI=1S/C23H22N2O4S/c1-28-18-13-14-20(23(15-18)29-2)21-16-22(17-9-5-3-6-10-17)25(24-21)30(26,27)19-11-7-4-8-12-19/h3-15,22H,16H2,1-2H3. The predicted octanol–water partition coefficient (Wildman–Crippen LogP) is 4.24. The van der Waals surface area contributed by atoms with Crippen LogP contribution in [-0.2, 0) is 10.0 Å². The van der Waals surface area contributed by atoms with Gasteiger partial charge in [0, 0.05) is 18.1 Å². The second-order valence-corrected chi connectivity index (χ2v) is 8.63. The van der Waals surface area contributed by atoms with Crippen molar-refractivity contribution < 1.29 is 17.9 Å². The fraction of sp³-hybridized carbons (Fsp3) is 0.174. The van der Waals surface area contributed by atoms with Crippen LogP contribution in [0.25, 0.3) is 0 Å². The summed E-state index contributed by atoms with van der Waals surface area (Å²) in [6.45, 7) is 0. The highest BCUT2D eigenvalue weighted by atomic mass is 32.2. The van der Waals surface area contributed by atoms with Crippen molar-refractivity contribution in [1.82, 2.24) is 4.41 Å². The van der Waals surface area contributed by atoms with E-state index >= 15 is 0 Å². The first-order chi connectivity index (χ1) is 14.5. The van der Waals surface area contributed by atoms with E-state index < -0.39 is 16.1 Å². The number of rotatable bonds is 6. The van der Waals surface area contributed by atoms with Crippen LogP contribution in [0.15, 0.2) is 88.9 Å². The molecule has 1 heterocycles. The third kappa shape index (κ3) is 3.64. The van der Waals surface area contributed by atoms with Gasteiger partial charge >= 0.3 is 0 Å². The first kappa shape index (κ1) is 20.0. The van der Waals surface area contributed by atoms with E-state index in [1.54, 1.807) is 50.6 Å². The smallest absolute Gasteiger partial charge is 0.279 e. The minimum atomic E-state index is -3.83. The van der Waals surface area contributed by atoms with Crippen LogP contribution in [0.1, 0.15) is 23.6 Å². The molecule has 0 spiro atoms. The number of ether oxygens (including phenoxy) is 2. The Balaban J connectivity index is 1.82. The molecule has 7 heteroatoms. The van der Waals surface area contributed by atoms with Gasteiger partial charge in [0.25, 0.3) is 10.0 Å². The highest BCUT2D eigenvalue weighted by Gasteiger charge is 2.38. The van der Waals surface area contributed by atoms with Gasteiger partial charge in [0.2, 0.25) is 0 Å². The molecule has 0 N–H and O–H groups in total. The Morgan fingerprint density at radius 3 is 2.20 bits per heavy atom. The Morgan fingerprint density at radius 1 is 0.900 bits per heavy atom. The van der Waals surface area contributed by atoms with Crippen LogP contribution in [-0.4, -0.2) is 32.8 Å². The number of hydrogen-bond acceptors (Lipinski definition) is 5. The van der Waals surface area contributed by atoms with Crippen molar-refractivity contribution in [2.45, 2.75) is 17.4 Å². The van der Waals surface area contributed by atoms with Gasteiger partial charge in [0.05, 0.1) is 30.9 Å². The summed E-state index contributed by atoms with van der Waals surface area (Å²) in [6, 6.07) is 22.9. The van der Waals surface area contributed by atoms with Crippen LogP contribution in [0.2, 0.25) is 0 Å². The van der Waals surface area contributed by atoms with Crippen molar-refractivity contribution in [3.05, 3.63) is 90.0 Å². The van der Waals surface area contributed by atoms with Crippen molar-refractivity contribution in [3.8, 4) is 11.5 Å². The average Bonchev–Trinajstić information content (AvgIpc) is 3.26. The van der Waals surface area contributed by atoms with Crippen LogP contribution in [0, 0.1) is 0 Å². The van der Waals surface area contributed by atoms with Gasteiger partial charge < -0.3 is 9.47 Å². The number of hydrazone groups is 1. The summed E-state index contributed by atoms with van der Waals surface area (Å²) in [6.07, 6.45) is 0.429. The van der Waals surface area contributed by atoms with E-state index in [-0.39, 0.29) is 4.90 Å². The maximum atomic E-state index is 13.4. The van der Waals surface area contributed by atoms with E-state index in [2.05, 4.69) is 5.10 Å². The zero-order chi connectivity index (χ0) is 21.1. The molecule has 3 aromatic carbocycles. The Labute approximate surface area is 176 Å². The van der Waals surface area contributed by atoms with Crippen molar-refractivity contribution in [2.24, 2.45) is 5.10 Å². The topological polar surface area (TPSA) is 68.2 Å². The second-order valence-electron chi connectivity index (χ2n) is 6.83. The Morgan fingerprint density at radius 2 is 1.57 bits per heavy atom. The van der Waals surface area contributed by atoms with E-state index in [0.29, 0.717) is 23.6 Å². The summed E-state index contributed by atoms with van der Waals surface area (Å²) in [7, 11) is -0.674. The Hall–Kier alpha value is -3.32. The van der Waals surface area contributed by atoms with Crippen LogP contribution in [0.3, 0.4) is 0 Å². The van der Waals surface area contributed by atoms with E-state index in [1.165, 1.54) is 4.41 Å². The zero-order valence-electron chi connectivity index (χ0n) is 16.7. The second kappa shape index (κ2) is 8.20. The quantitative estimate of drug-likeness (QED) is 0.596. The van der Waals surface area contributed by atoms with Crippen molar-refractivity contribution in [1.29, 1.82) is 0 Å². The molecule has 1 aliphatic heterocycles. The van der Waals surface area contributed by atoms with Gasteiger partial charge in [-0.2, -0.15) is 17.9 Å². The molecule has 4 rings (SSSR count). The molecule has 0 aliphatic carbocycles. The van der Waals surface area contributed by atoms with Crippen LogP contribution < -0.4 is 9.47 Å². The molecule has 6 nitrogen and oxygen atoms in total. The highest BCUT2D eigenvalue weighted by Crippen LogP contribution is 2.39. The molecular weight excluding hydrogens is 400 g/mol. The highest BCUT2D eigenvalue weighted by molar-refractivity contribution is 7.89. The van der Waals surface area contributed by atoms with Gasteiger partial charge in [0.15, 0.2) is 0 Å². The molecule has 0 fully saturated rings. The van der Waals surface area contributed by atoms with Gasteiger partial charge in [-0.1, -0.05) is 48.5 Å². The summed E-state index contributed by atoms with van der Waals surface area (Å²) in [4.78, 5) is 0.206. The maximum Gasteiger partial charge on any atom is 0.279 e. The molecule has 0 saturated heterocycles. The molecule has 0 amide bonds. The summed E-state index contributed by atoms with van der Waals surface area (Å²) in [5, 5.41) is 4.57. The molecule has 0 aromatic heterocycles. The molecule has 1 aliphatic rings. The van der Waals surface area contributed by atoms with Gasteiger partial charge in [-0.3, -0.25) is 0 Å². The zero-order valence-corrected chi connectivity index (χ0v) is 17.5. The lowest BCUT2D eigenvalue weighted by molar-refractivity contribution is 0.371. The van der Waals surface area contributed by atoms with Crippen molar-refractivity contribution in [2.75, 3.05) is 14.2 Å². The number of benzene rings is 3. The van der Waals surface area contributed by atoms with Crippen molar-refractivity contribution in [3.63, 3.8) is 0 Å². The van der Waals surface area contributed by atoms with Gasteiger partial charge in [0.1, 0.15) is 11.5 Å². The molecule has 0 radical (unpaired) electrons. The van der Waals surface area contributed by atoms with E-state index in [4.69, 9.17) is 9.47 Å². The minimum Gasteiger partial charge on any atom is -0.497 e. The third-order valence-corrected chi connectivity index (χ3v) is 6.76. The maximum absolute atomic E-state index is 13.4. The largest absolute Gasteiger partial charge is 0.497 e. The number of hydrogen-bond donors (Lipinski definition) is 0. The lowest BCUT2D eigenvalue weighted by atomic mass is 9.98. The Kier molecular flexibility index (Phi) is 5.46. The SMILES string of the molecule is COc1ccc(C2=NN(S(=O)(=O)c3ccccc3)C(c3ccccc3)C2)c(OC)c1. The van der Waals surface area contributed by atoms with Crippen LogP contribution >= 0.6 is 0 Å². The number of methoxy groups -OCH3 is 2. The summed E-state index contributed by atoms with van der Waals surface area (Å²) in [5.74, 6) is 1.24. The fourth-order valence-electron chi connectivity index (χ4n) is 3.53. The molecule has 0 saturated carbocycles. The van der Waals surface area contributed by atoms with E-state index in [0.717, 1.165) is 11.1 Å². The minimum absolute atomic E-state index is 0.206. The number of nitrogens with zero attached hydrogens (tertiary/aromatic N) is 2. The van der Waals surface area contributed by atoms with Gasteiger partial charge in [-0.15, -0.1) is 0 Å². The predicted molar refractivity (Wildman–Crippen MR) is 115 cm³/mol.